The van der Waals surface area contributed by atoms with E-state index in [9.17, 15) is 0 Å². The number of hydrogen-bond donors (Lipinski definition) is 0. The van der Waals surface area contributed by atoms with Crippen molar-refractivity contribution < 1.29 is 0 Å². The summed E-state index contributed by atoms with van der Waals surface area (Å²) in [6, 6.07) is 71.9. The summed E-state index contributed by atoms with van der Waals surface area (Å²) in [5.74, 6) is 0. The Morgan fingerprint density at radius 3 is 1.65 bits per heavy atom. The van der Waals surface area contributed by atoms with Crippen molar-refractivity contribution in [1.29, 1.82) is 0 Å². The van der Waals surface area contributed by atoms with E-state index in [1.165, 1.54) is 123 Å². The van der Waals surface area contributed by atoms with Gasteiger partial charge in [0, 0.05) is 36.3 Å². The number of nitrogens with zero attached hydrogens (tertiary/aromatic N) is 1. The molecule has 0 aliphatic carbocycles. The Morgan fingerprint density at radius 1 is 0.351 bits per heavy atom. The van der Waals surface area contributed by atoms with E-state index in [4.69, 9.17) is 0 Å². The summed E-state index contributed by atoms with van der Waals surface area (Å²) in [7, 11) is -2.54. The molecule has 0 saturated carbocycles. The summed E-state index contributed by atoms with van der Waals surface area (Å²) in [4.78, 5) is 0. The van der Waals surface area contributed by atoms with Gasteiger partial charge < -0.3 is 4.40 Å². The SMILES string of the molecule is c1ccc2c(c1)-c1ccccc1[Si]21c2ccccc2-c2c(-c3ccc4c(c3)c3cccc5c6ccccc6c6cccc7sc8cccc(c8c76)n4c53)cccc21. The fraction of sp³-hybridized carbons (Fsp3) is 0. The third kappa shape index (κ3) is 3.62. The Balaban J connectivity index is 1.13. The number of hydrogen-bond acceptors (Lipinski definition) is 1. The van der Waals surface area contributed by atoms with Gasteiger partial charge in [0.2, 0.25) is 0 Å². The van der Waals surface area contributed by atoms with Gasteiger partial charge >= 0.3 is 0 Å². The van der Waals surface area contributed by atoms with Gasteiger partial charge in [-0.2, -0.15) is 0 Å². The highest BCUT2D eigenvalue weighted by Gasteiger charge is 2.54. The Hall–Kier alpha value is -6.78. The second-order valence-corrected chi connectivity index (χ2v) is 20.6. The molecule has 5 heterocycles. The van der Waals surface area contributed by atoms with Crippen molar-refractivity contribution in [2.45, 2.75) is 0 Å². The standard InChI is InChI=1S/C54H31NSSi/c1-2-14-35-34(13-1)38-19-10-23-45-52(38)53-44(22-12-24-46(53)56-45)55-43-30-29-32(31-42(43)40-21-9-20-39(35)54(40)55)33-18-11-28-50-51(33)41-17-5-8-27-49(41)57(50)47-25-6-3-15-36(47)37-16-4-7-26-48(37)57/h1-31H. The van der Waals surface area contributed by atoms with Crippen molar-refractivity contribution in [3.8, 4) is 33.4 Å². The summed E-state index contributed by atoms with van der Waals surface area (Å²) in [6.07, 6.45) is 0. The minimum absolute atomic E-state index is 1.24. The number of aromatic nitrogens is 1. The molecule has 2 aliphatic heterocycles. The van der Waals surface area contributed by atoms with Crippen LogP contribution in [0.5, 0.6) is 0 Å². The van der Waals surface area contributed by atoms with E-state index in [0.29, 0.717) is 0 Å². The predicted molar refractivity (Wildman–Crippen MR) is 247 cm³/mol. The van der Waals surface area contributed by atoms with E-state index in [0.717, 1.165) is 0 Å². The third-order valence-corrected chi connectivity index (χ3v) is 19.4. The fourth-order valence-corrected chi connectivity index (χ4v) is 18.1. The van der Waals surface area contributed by atoms with E-state index in [1.807, 2.05) is 11.3 Å². The van der Waals surface area contributed by atoms with Crippen molar-refractivity contribution in [2.75, 3.05) is 0 Å². The van der Waals surface area contributed by atoms with Gasteiger partial charge in [-0.1, -0.05) is 158 Å². The lowest BCUT2D eigenvalue weighted by molar-refractivity contribution is 1.36. The van der Waals surface area contributed by atoms with Crippen LogP contribution in [0.3, 0.4) is 0 Å². The number of para-hydroxylation sites is 1. The Labute approximate surface area is 333 Å². The number of thiophene rings is 1. The highest BCUT2D eigenvalue weighted by molar-refractivity contribution is 7.26. The van der Waals surface area contributed by atoms with Gasteiger partial charge in [0.25, 0.3) is 0 Å². The van der Waals surface area contributed by atoms with Crippen molar-refractivity contribution in [2.24, 2.45) is 0 Å². The lowest BCUT2D eigenvalue weighted by atomic mass is 9.93. The molecule has 1 spiro atoms. The Bertz CT molecular complexity index is 3730. The van der Waals surface area contributed by atoms with E-state index in [2.05, 4.69) is 192 Å². The smallest absolute Gasteiger partial charge is 0.182 e. The van der Waals surface area contributed by atoms with Gasteiger partial charge in [-0.05, 0) is 101 Å². The van der Waals surface area contributed by atoms with E-state index >= 15 is 0 Å². The predicted octanol–water partition coefficient (Wildman–Crippen LogP) is 11.9. The molecule has 1 nitrogen and oxygen atoms in total. The molecular formula is C54H31NSSi. The van der Waals surface area contributed by atoms with E-state index < -0.39 is 8.07 Å². The topological polar surface area (TPSA) is 4.41 Å². The molecule has 0 unspecified atom stereocenters. The van der Waals surface area contributed by atoms with E-state index in [-0.39, 0.29) is 0 Å². The summed E-state index contributed by atoms with van der Waals surface area (Å²) in [5.41, 5.74) is 11.9. The lowest BCUT2D eigenvalue weighted by Crippen LogP contribution is -2.70. The normalized spacial score (nSPS) is 13.8. The minimum Gasteiger partial charge on any atom is -0.308 e. The molecule has 2 aliphatic rings. The van der Waals surface area contributed by atoms with Crippen LogP contribution in [-0.4, -0.2) is 12.5 Å². The van der Waals surface area contributed by atoms with Gasteiger partial charge in [-0.3, -0.25) is 0 Å². The molecule has 0 atom stereocenters. The largest absolute Gasteiger partial charge is 0.308 e. The van der Waals surface area contributed by atoms with Crippen LogP contribution in [0, 0.1) is 0 Å². The second kappa shape index (κ2) is 10.7. The molecule has 14 rings (SSSR count). The Kier molecular flexibility index (Phi) is 5.74. The van der Waals surface area contributed by atoms with Gasteiger partial charge in [-0.15, -0.1) is 11.3 Å². The molecule has 0 saturated heterocycles. The number of benzene rings is 9. The van der Waals surface area contributed by atoms with Crippen molar-refractivity contribution in [3.63, 3.8) is 0 Å². The van der Waals surface area contributed by atoms with Gasteiger partial charge in [-0.25, -0.2) is 0 Å². The van der Waals surface area contributed by atoms with Crippen LogP contribution < -0.4 is 20.7 Å². The van der Waals surface area contributed by atoms with Crippen molar-refractivity contribution in [3.05, 3.63) is 188 Å². The third-order valence-electron chi connectivity index (χ3n) is 13.4. The van der Waals surface area contributed by atoms with Crippen LogP contribution in [0.4, 0.5) is 0 Å². The molecular weight excluding hydrogens is 723 g/mol. The first kappa shape index (κ1) is 30.4. The van der Waals surface area contributed by atoms with Gasteiger partial charge in [0.1, 0.15) is 0 Å². The summed E-state index contributed by atoms with van der Waals surface area (Å²) >= 11 is 1.90. The lowest BCUT2D eigenvalue weighted by Gasteiger charge is -2.27. The van der Waals surface area contributed by atoms with E-state index in [1.54, 1.807) is 0 Å². The molecule has 9 aromatic carbocycles. The monoisotopic (exact) mass is 753 g/mol. The first-order valence-corrected chi connectivity index (χ1v) is 22.7. The molecule has 262 valence electrons. The maximum absolute atomic E-state index is 2.58. The van der Waals surface area contributed by atoms with Crippen LogP contribution in [0.2, 0.25) is 0 Å². The van der Waals surface area contributed by atoms with Crippen LogP contribution in [0.15, 0.2) is 188 Å². The zero-order valence-electron chi connectivity index (χ0n) is 30.8. The second-order valence-electron chi connectivity index (χ2n) is 15.9. The molecule has 0 bridgehead atoms. The molecule has 0 N–H and O–H groups in total. The van der Waals surface area contributed by atoms with Gasteiger partial charge in [0.15, 0.2) is 8.07 Å². The van der Waals surface area contributed by atoms with Crippen molar-refractivity contribution in [1.82, 2.24) is 4.40 Å². The quantitative estimate of drug-likeness (QED) is 0.147. The first-order valence-electron chi connectivity index (χ1n) is 19.9. The van der Waals surface area contributed by atoms with Crippen LogP contribution in [0.1, 0.15) is 0 Å². The average Bonchev–Trinajstić information content (AvgIpc) is 4.00. The maximum Gasteiger partial charge on any atom is 0.182 e. The minimum atomic E-state index is -2.54. The fourth-order valence-electron chi connectivity index (χ4n) is 11.3. The molecule has 0 fully saturated rings. The molecule has 0 radical (unpaired) electrons. The molecule has 3 heteroatoms. The van der Waals surface area contributed by atoms with Crippen LogP contribution in [-0.2, 0) is 0 Å². The summed E-state index contributed by atoms with van der Waals surface area (Å²) < 4.78 is 5.23. The van der Waals surface area contributed by atoms with Crippen molar-refractivity contribution >= 4 is 109 Å². The molecule has 57 heavy (non-hydrogen) atoms. The van der Waals surface area contributed by atoms with Crippen LogP contribution >= 0.6 is 11.3 Å². The zero-order chi connectivity index (χ0) is 37.0. The molecule has 12 aromatic rings. The highest BCUT2D eigenvalue weighted by atomic mass is 32.1. The van der Waals surface area contributed by atoms with Gasteiger partial charge in [0.05, 0.1) is 16.6 Å². The highest BCUT2D eigenvalue weighted by Crippen LogP contribution is 2.46. The first-order chi connectivity index (χ1) is 28.3. The average molecular weight is 754 g/mol. The molecule has 0 amide bonds. The number of fused-ring (bicyclic) bond motifs is 17. The molecule has 3 aromatic heterocycles. The summed E-state index contributed by atoms with van der Waals surface area (Å²) in [5, 5.41) is 16.4. The zero-order valence-corrected chi connectivity index (χ0v) is 32.6. The maximum atomic E-state index is 2.58. The Morgan fingerprint density at radius 2 is 0.877 bits per heavy atom. The number of rotatable bonds is 1. The summed E-state index contributed by atoms with van der Waals surface area (Å²) in [6.45, 7) is 0. The van der Waals surface area contributed by atoms with Crippen LogP contribution in [0.25, 0.3) is 102 Å².